The molecule has 0 amide bonds. The molecule has 0 bridgehead atoms. The Kier molecular flexibility index (Phi) is 7.56. The molecule has 0 aliphatic heterocycles. The lowest BCUT2D eigenvalue weighted by molar-refractivity contribution is 0.347. The van der Waals surface area contributed by atoms with E-state index in [1.54, 1.807) is 0 Å². The summed E-state index contributed by atoms with van der Waals surface area (Å²) in [7, 11) is 0. The molecule has 1 aromatic heterocycles. The van der Waals surface area contributed by atoms with Crippen molar-refractivity contribution >= 4 is 65.0 Å². The third-order valence-corrected chi connectivity index (χ3v) is 11.2. The molecule has 24 N–H and O–H groups in total. The van der Waals surface area contributed by atoms with Crippen molar-refractivity contribution in [3.8, 4) is 160 Å². The lowest BCUT2D eigenvalue weighted by Gasteiger charge is -2.25. The van der Waals surface area contributed by atoms with Gasteiger partial charge in [0.2, 0.25) is 63.2 Å². The number of phenols is 24. The molecule has 1 heterocycles. The summed E-state index contributed by atoms with van der Waals surface area (Å²) in [5.41, 5.74) is -7.55. The van der Waals surface area contributed by atoms with Gasteiger partial charge in [0, 0.05) is 54.6 Å². The molecule has 0 radical (unpaired) electrons. The van der Waals surface area contributed by atoms with Crippen molar-refractivity contribution in [2.75, 3.05) is 0 Å². The second-order valence-electron chi connectivity index (χ2n) is 14.4. The van der Waals surface area contributed by atoms with Crippen LogP contribution < -0.4 is 0 Å². The maximum absolute atomic E-state index is 11.8. The molecule has 334 valence electrons. The summed E-state index contributed by atoms with van der Waals surface area (Å²) in [6.45, 7) is 0. The number of fused-ring (bicyclic) bond motifs is 7. The molecule has 0 aliphatic rings. The fourth-order valence-electron chi connectivity index (χ4n) is 8.33. The topological polar surface area (TPSA) is 499 Å². The summed E-state index contributed by atoms with van der Waals surface area (Å²) < 4.78 is 5.56. The number of aromatic hydroxyl groups is 24. The zero-order valence-corrected chi connectivity index (χ0v) is 31.1. The monoisotopic (exact) mass is 904 g/mol. The van der Waals surface area contributed by atoms with E-state index in [2.05, 4.69) is 0 Å². The zero-order valence-electron chi connectivity index (χ0n) is 31.1. The quantitative estimate of drug-likeness (QED) is 0.0646. The third-order valence-electron chi connectivity index (χ3n) is 11.2. The number of benzene rings is 8. The van der Waals surface area contributed by atoms with Crippen molar-refractivity contribution in [1.29, 1.82) is 0 Å². The SMILES string of the molecule is Oc1c(O)c(-c2c3c(O)c(O)c(O)c(O)c3c(-c3c(O)c(O)c(O)c4c(O)c(O)c(O)c(O)c34)c3c(O)c(O)c(O)c(O)c23)c2c(oc3c(O)c4c(O)c(O)c(O)c(O)c4c(O)c32)c1O. The van der Waals surface area contributed by atoms with Gasteiger partial charge < -0.3 is 127 Å². The molecule has 25 nitrogen and oxygen atoms in total. The van der Waals surface area contributed by atoms with Gasteiger partial charge in [-0.05, 0) is 0 Å². The van der Waals surface area contributed by atoms with Crippen molar-refractivity contribution in [1.82, 2.24) is 0 Å². The molecule has 0 spiro atoms. The molecule has 0 unspecified atom stereocenters. The lowest BCUT2D eigenvalue weighted by atomic mass is 9.80. The molecule has 0 atom stereocenters. The maximum atomic E-state index is 11.8. The first-order valence-electron chi connectivity index (χ1n) is 17.5. The minimum absolute atomic E-state index is 1.04. The molecule has 25 heteroatoms. The number of furan rings is 1. The minimum Gasteiger partial charge on any atom is -0.506 e. The van der Waals surface area contributed by atoms with Gasteiger partial charge in [0.1, 0.15) is 5.75 Å². The fraction of sp³-hybridized carbons (Fsp3) is 0. The van der Waals surface area contributed by atoms with Crippen LogP contribution in [-0.4, -0.2) is 123 Å². The van der Waals surface area contributed by atoms with Crippen LogP contribution in [-0.2, 0) is 0 Å². The van der Waals surface area contributed by atoms with Crippen LogP contribution in [0.4, 0.5) is 0 Å². The Bertz CT molecular complexity index is 3720. The highest BCUT2D eigenvalue weighted by Gasteiger charge is 2.40. The van der Waals surface area contributed by atoms with Gasteiger partial charge >= 0.3 is 0 Å². The van der Waals surface area contributed by atoms with Gasteiger partial charge in [-0.15, -0.1) is 0 Å². The van der Waals surface area contributed by atoms with E-state index in [-0.39, 0.29) is 0 Å². The highest BCUT2D eigenvalue weighted by molar-refractivity contribution is 6.36. The number of rotatable bonds is 2. The molecule has 0 saturated carbocycles. The predicted molar refractivity (Wildman–Crippen MR) is 215 cm³/mol. The van der Waals surface area contributed by atoms with Gasteiger partial charge in [0.15, 0.2) is 80.2 Å². The van der Waals surface area contributed by atoms with E-state index in [0.29, 0.717) is 0 Å². The van der Waals surface area contributed by atoms with E-state index in [0.717, 1.165) is 0 Å². The van der Waals surface area contributed by atoms with Gasteiger partial charge in [0.05, 0.1) is 21.5 Å². The van der Waals surface area contributed by atoms with Gasteiger partial charge in [-0.25, -0.2) is 0 Å². The van der Waals surface area contributed by atoms with Crippen LogP contribution in [0.1, 0.15) is 0 Å². The smallest absolute Gasteiger partial charge is 0.205 e. The molecular formula is C40H24O25. The zero-order chi connectivity index (χ0) is 47.8. The van der Waals surface area contributed by atoms with Crippen LogP contribution in [0, 0.1) is 0 Å². The molecule has 0 saturated heterocycles. The van der Waals surface area contributed by atoms with E-state index in [9.17, 15) is 123 Å². The molecule has 9 aromatic rings. The van der Waals surface area contributed by atoms with Crippen LogP contribution in [0.25, 0.3) is 87.3 Å². The third kappa shape index (κ3) is 4.37. The van der Waals surface area contributed by atoms with E-state index in [1.165, 1.54) is 0 Å². The second kappa shape index (κ2) is 12.2. The van der Waals surface area contributed by atoms with Crippen molar-refractivity contribution < 1.29 is 127 Å². The van der Waals surface area contributed by atoms with E-state index >= 15 is 0 Å². The highest BCUT2D eigenvalue weighted by atomic mass is 16.4. The molecule has 0 aliphatic carbocycles. The van der Waals surface area contributed by atoms with Crippen molar-refractivity contribution in [2.24, 2.45) is 0 Å². The van der Waals surface area contributed by atoms with Crippen molar-refractivity contribution in [3.05, 3.63) is 0 Å². The summed E-state index contributed by atoms with van der Waals surface area (Å²) >= 11 is 0. The number of phenolic OH excluding ortho intramolecular Hbond substituents is 24. The number of hydrogen-bond donors (Lipinski definition) is 24. The standard InChI is InChI=1S/C40H24O25/c41-15-12-13(26(52)36(62)35(61)25(12)51)27(53)40-14(15)10-8(21(47)37(63)38(64)39(10)65-40)2-5-3(17(43)29(55)31(57)19(5)45)1(4-6(2)20(46)32(58)30(56)18(4)44)7-9-11(23(49)28(54)16(7)42)24(50)34(60)33(59)22(9)48/h41-64H. The van der Waals surface area contributed by atoms with Crippen LogP contribution in [0.5, 0.6) is 138 Å². The summed E-state index contributed by atoms with van der Waals surface area (Å²) in [5, 5.41) is 255. The first-order valence-corrected chi connectivity index (χ1v) is 17.5. The van der Waals surface area contributed by atoms with E-state index < -0.39 is 225 Å². The Morgan fingerprint density at radius 3 is 0.692 bits per heavy atom. The normalized spacial score (nSPS) is 11.9. The average Bonchev–Trinajstić information content (AvgIpc) is 3.68. The van der Waals surface area contributed by atoms with Crippen molar-refractivity contribution in [3.63, 3.8) is 0 Å². The molecular weight excluding hydrogens is 880 g/mol. The number of hydrogen-bond acceptors (Lipinski definition) is 25. The Morgan fingerprint density at radius 1 is 0.138 bits per heavy atom. The van der Waals surface area contributed by atoms with Gasteiger partial charge in [-0.1, -0.05) is 0 Å². The molecule has 8 aromatic carbocycles. The summed E-state index contributed by atoms with van der Waals surface area (Å²) in [6.07, 6.45) is 0. The van der Waals surface area contributed by atoms with Crippen LogP contribution in [0.2, 0.25) is 0 Å². The first kappa shape index (κ1) is 40.2. The second-order valence-corrected chi connectivity index (χ2v) is 14.4. The van der Waals surface area contributed by atoms with Crippen molar-refractivity contribution in [2.45, 2.75) is 0 Å². The minimum atomic E-state index is -1.73. The Hall–Kier alpha value is -10.2. The van der Waals surface area contributed by atoms with E-state index in [1.807, 2.05) is 0 Å². The highest BCUT2D eigenvalue weighted by Crippen LogP contribution is 2.69. The van der Waals surface area contributed by atoms with E-state index in [4.69, 9.17) is 4.42 Å². The van der Waals surface area contributed by atoms with Gasteiger partial charge in [-0.3, -0.25) is 0 Å². The Labute approximate surface area is 351 Å². The average molecular weight is 905 g/mol. The maximum Gasteiger partial charge on any atom is 0.205 e. The summed E-state index contributed by atoms with van der Waals surface area (Å²) in [6, 6.07) is 0. The Balaban J connectivity index is 1.70. The van der Waals surface area contributed by atoms with Gasteiger partial charge in [0.25, 0.3) is 0 Å². The lowest BCUT2D eigenvalue weighted by Crippen LogP contribution is -1.97. The first-order chi connectivity index (χ1) is 30.3. The fourth-order valence-corrected chi connectivity index (χ4v) is 8.33. The van der Waals surface area contributed by atoms with Crippen LogP contribution >= 0.6 is 0 Å². The summed E-state index contributed by atoms with van der Waals surface area (Å²) in [4.78, 5) is 0. The van der Waals surface area contributed by atoms with Crippen LogP contribution in [0.15, 0.2) is 4.42 Å². The Morgan fingerprint density at radius 2 is 0.354 bits per heavy atom. The van der Waals surface area contributed by atoms with Gasteiger partial charge in [-0.2, -0.15) is 0 Å². The molecule has 9 rings (SSSR count). The van der Waals surface area contributed by atoms with Crippen LogP contribution in [0.3, 0.4) is 0 Å². The summed E-state index contributed by atoms with van der Waals surface area (Å²) in [5.74, 6) is -38.5. The largest absolute Gasteiger partial charge is 0.506 e. The molecule has 65 heavy (non-hydrogen) atoms. The molecule has 0 fully saturated rings. The predicted octanol–water partition coefficient (Wildman–Crippen LogP) is 4.47.